The summed E-state index contributed by atoms with van der Waals surface area (Å²) in [6, 6.07) is 144. The lowest BCUT2D eigenvalue weighted by atomic mass is 9.81. The molecule has 3 aliphatic carbocycles. The van der Waals surface area contributed by atoms with Gasteiger partial charge in [-0.15, -0.1) is 0 Å². The number of para-hydroxylation sites is 6. The van der Waals surface area contributed by atoms with Crippen molar-refractivity contribution in [1.82, 2.24) is 58.6 Å². The second kappa shape index (κ2) is 32.9. The molecule has 0 unspecified atom stereocenters. The average molecular weight is 1770 g/mol. The molecule has 0 N–H and O–H groups in total. The maximum Gasteiger partial charge on any atom is 0.160 e. The molecule has 0 saturated carbocycles. The van der Waals surface area contributed by atoms with Gasteiger partial charge in [-0.1, -0.05) is 333 Å². The van der Waals surface area contributed by atoms with E-state index in [1.165, 1.54) is 115 Å². The first-order chi connectivity index (χ1) is 67.7. The van der Waals surface area contributed by atoms with Crippen molar-refractivity contribution in [2.45, 2.75) is 57.8 Å². The first-order valence-corrected chi connectivity index (χ1v) is 47.1. The molecule has 12 nitrogen and oxygen atoms in total. The molecule has 0 fully saturated rings. The average Bonchev–Trinajstić information content (AvgIpc) is 1.56. The van der Waals surface area contributed by atoms with Crippen LogP contribution in [0.25, 0.3) is 218 Å². The molecule has 3 aliphatic rings. The Kier molecular flexibility index (Phi) is 19.6. The molecule has 0 bridgehead atoms. The molecule has 15 aromatic carbocycles. The maximum atomic E-state index is 5.36. The number of hydrogen-bond acceptors (Lipinski definition) is 9. The molecular formula is C126H90N12. The van der Waals surface area contributed by atoms with Gasteiger partial charge in [0.05, 0.1) is 73.0 Å². The van der Waals surface area contributed by atoms with Crippen LogP contribution in [0, 0.1) is 0 Å². The third kappa shape index (κ3) is 13.7. The van der Waals surface area contributed by atoms with Crippen LogP contribution in [0.15, 0.2) is 437 Å². The molecule has 138 heavy (non-hydrogen) atoms. The first kappa shape index (κ1) is 82.3. The van der Waals surface area contributed by atoms with Gasteiger partial charge in [0.1, 0.15) is 0 Å². The zero-order chi connectivity index (χ0) is 92.5. The zero-order valence-electron chi connectivity index (χ0n) is 76.9. The molecule has 654 valence electrons. The third-order valence-corrected chi connectivity index (χ3v) is 28.5. The highest BCUT2D eigenvalue weighted by atomic mass is 15.0. The van der Waals surface area contributed by atoms with Gasteiger partial charge in [-0.3, -0.25) is 15.0 Å². The number of aromatic nitrogens is 12. The van der Waals surface area contributed by atoms with Crippen LogP contribution in [-0.2, 0) is 16.2 Å². The van der Waals surface area contributed by atoms with Gasteiger partial charge in [0, 0.05) is 174 Å². The largest absolute Gasteiger partial charge is 0.309 e. The number of hydrogen-bond donors (Lipinski definition) is 0. The molecular weight excluding hydrogens is 1680 g/mol. The predicted octanol–water partition coefficient (Wildman–Crippen LogP) is 30.8. The third-order valence-electron chi connectivity index (χ3n) is 28.5. The minimum absolute atomic E-state index is 0.240. The van der Waals surface area contributed by atoms with E-state index in [4.69, 9.17) is 29.9 Å². The number of benzene rings is 15. The van der Waals surface area contributed by atoms with Gasteiger partial charge in [0.15, 0.2) is 17.5 Å². The first-order valence-electron chi connectivity index (χ1n) is 47.1. The Bertz CT molecular complexity index is 8440. The molecule has 0 radical (unpaired) electrons. The Hall–Kier alpha value is -17.6. The summed E-state index contributed by atoms with van der Waals surface area (Å²) in [7, 11) is 0. The summed E-state index contributed by atoms with van der Waals surface area (Å²) in [4.78, 5) is 44.9. The van der Waals surface area contributed by atoms with Gasteiger partial charge < -0.3 is 13.7 Å². The van der Waals surface area contributed by atoms with E-state index in [1.807, 2.05) is 61.2 Å². The molecule has 0 atom stereocenters. The zero-order valence-corrected chi connectivity index (χ0v) is 76.9. The summed E-state index contributed by atoms with van der Waals surface area (Å²) in [6.07, 6.45) is 9.17. The highest BCUT2D eigenvalue weighted by molar-refractivity contribution is 6.12. The molecule has 0 amide bonds. The van der Waals surface area contributed by atoms with Crippen LogP contribution in [0.1, 0.15) is 74.9 Å². The van der Waals surface area contributed by atoms with Crippen molar-refractivity contribution in [2.24, 2.45) is 0 Å². The van der Waals surface area contributed by atoms with E-state index in [0.717, 1.165) is 130 Å². The second-order valence-electron chi connectivity index (χ2n) is 37.6. The monoisotopic (exact) mass is 1770 g/mol. The van der Waals surface area contributed by atoms with Crippen LogP contribution >= 0.6 is 0 Å². The summed E-state index contributed by atoms with van der Waals surface area (Å²) in [5.41, 5.74) is 39.3. The fraction of sp³-hybridized carbons (Fsp3) is 0.0714. The minimum atomic E-state index is -0.249. The van der Waals surface area contributed by atoms with Gasteiger partial charge in [0.25, 0.3) is 0 Å². The maximum absolute atomic E-state index is 5.36. The molecule has 0 spiro atoms. The van der Waals surface area contributed by atoms with Gasteiger partial charge in [-0.05, 0) is 149 Å². The van der Waals surface area contributed by atoms with E-state index >= 15 is 0 Å². The quantitative estimate of drug-likeness (QED) is 0.117. The van der Waals surface area contributed by atoms with E-state index in [2.05, 4.69) is 440 Å². The Morgan fingerprint density at radius 1 is 0.196 bits per heavy atom. The number of pyridine rings is 3. The van der Waals surface area contributed by atoms with Crippen molar-refractivity contribution in [3.63, 3.8) is 0 Å². The van der Waals surface area contributed by atoms with Crippen LogP contribution in [0.2, 0.25) is 0 Å². The van der Waals surface area contributed by atoms with Gasteiger partial charge in [-0.25, -0.2) is 29.9 Å². The van der Waals surface area contributed by atoms with Crippen molar-refractivity contribution >= 4 is 65.4 Å². The Balaban J connectivity index is 0.000000110. The van der Waals surface area contributed by atoms with Crippen LogP contribution in [0.3, 0.4) is 0 Å². The van der Waals surface area contributed by atoms with E-state index in [0.29, 0.717) is 5.82 Å². The minimum Gasteiger partial charge on any atom is -0.309 e. The van der Waals surface area contributed by atoms with Crippen molar-refractivity contribution in [1.29, 1.82) is 0 Å². The molecule has 27 rings (SSSR count). The van der Waals surface area contributed by atoms with E-state index < -0.39 is 0 Å². The smallest absolute Gasteiger partial charge is 0.160 e. The lowest BCUT2D eigenvalue weighted by molar-refractivity contribution is 0.657. The van der Waals surface area contributed by atoms with E-state index in [-0.39, 0.29) is 16.2 Å². The van der Waals surface area contributed by atoms with Crippen molar-refractivity contribution in [3.8, 4) is 152 Å². The molecule has 0 saturated heterocycles. The summed E-state index contributed by atoms with van der Waals surface area (Å²) < 4.78 is 7.07. The van der Waals surface area contributed by atoms with Crippen LogP contribution in [0.4, 0.5) is 0 Å². The highest BCUT2D eigenvalue weighted by Gasteiger charge is 2.44. The number of rotatable bonds is 12. The molecule has 9 aromatic heterocycles. The van der Waals surface area contributed by atoms with Gasteiger partial charge in [-0.2, -0.15) is 0 Å². The summed E-state index contributed by atoms with van der Waals surface area (Å²) in [5.74, 6) is 2.16. The van der Waals surface area contributed by atoms with Crippen molar-refractivity contribution in [3.05, 3.63) is 471 Å². The van der Waals surface area contributed by atoms with Gasteiger partial charge in [0.2, 0.25) is 0 Å². The van der Waals surface area contributed by atoms with Gasteiger partial charge >= 0.3 is 0 Å². The fourth-order valence-corrected chi connectivity index (χ4v) is 21.9. The second-order valence-corrected chi connectivity index (χ2v) is 37.6. The van der Waals surface area contributed by atoms with E-state index in [1.54, 1.807) is 6.20 Å². The Morgan fingerprint density at radius 2 is 0.493 bits per heavy atom. The van der Waals surface area contributed by atoms with E-state index in [9.17, 15) is 0 Å². The van der Waals surface area contributed by atoms with Crippen molar-refractivity contribution < 1.29 is 0 Å². The number of nitrogens with zero attached hydrogens (tertiary/aromatic N) is 12. The molecule has 12 heteroatoms. The summed E-state index contributed by atoms with van der Waals surface area (Å²) >= 11 is 0. The lowest BCUT2D eigenvalue weighted by Crippen LogP contribution is -2.17. The molecule has 0 aliphatic heterocycles. The molecule has 9 heterocycles. The topological polar surface area (TPSA) is 131 Å². The van der Waals surface area contributed by atoms with Crippen molar-refractivity contribution in [2.75, 3.05) is 0 Å². The lowest BCUT2D eigenvalue weighted by Gasteiger charge is -2.24. The van der Waals surface area contributed by atoms with Crippen LogP contribution in [-0.4, -0.2) is 58.6 Å². The highest BCUT2D eigenvalue weighted by Crippen LogP contribution is 2.56. The summed E-state index contributed by atoms with van der Waals surface area (Å²) in [5, 5.41) is 7.55. The molecule has 24 aromatic rings. The van der Waals surface area contributed by atoms with Crippen LogP contribution < -0.4 is 0 Å². The summed E-state index contributed by atoms with van der Waals surface area (Å²) in [6.45, 7) is 13.7. The standard InChI is InChI=1S/3C42H30N4/c1-42(2)35-17-6-3-16-34(35)40-38(42)39(44-41(45-40)29-12-9-11-28(25-29)30-13-10-24-43-26-30)27-20-22-31(23-21-27)46-36-18-7-4-14-32(36)33-15-5-8-19-37(33)46;1-42(2)34-17-6-3-16-33(34)40-38(42)39(44-41(45-40)29-13-11-12-28(26-29)35-18-9-10-25-43-35)27-21-23-30(24-22-27)46-36-19-7-4-14-31(36)32-15-5-8-20-37(32)46;1-42(2)35-12-6-3-11-34(35)40-38(42)39(44-41(45-40)30-17-15-27(16-18-30)28-23-25-43-26-24-28)29-19-21-31(22-20-29)46-36-13-7-4-9-32(36)33-10-5-8-14-37(33)46/h3*3-26H,1-2H3. The Morgan fingerprint density at radius 3 is 0.855 bits per heavy atom. The Labute approximate surface area is 799 Å². The number of fused-ring (bicyclic) bond motifs is 18. The fourth-order valence-electron chi connectivity index (χ4n) is 21.9. The normalized spacial score (nSPS) is 13.2. The SMILES string of the molecule is CC1(C)c2ccccc2-c2nc(-c3ccc(-c4ccncc4)cc3)nc(-c3ccc(-n4c5ccccc5c5ccccc54)cc3)c21.CC1(C)c2ccccc2-c2nc(-c3cccc(-c4ccccn4)c3)nc(-c3ccc(-n4c5ccccc5c5ccccc54)cc3)c21.CC1(C)c2ccccc2-c2nc(-c3cccc(-c4cccnc4)c3)nc(-c3ccc(-n4c5ccccc5c5ccccc54)cc3)c21. The van der Waals surface area contributed by atoms with Crippen LogP contribution in [0.5, 0.6) is 0 Å². The predicted molar refractivity (Wildman–Crippen MR) is 564 cm³/mol.